The molecule has 0 heterocycles. The van der Waals surface area contributed by atoms with Crippen LogP contribution in [-0.2, 0) is 9.53 Å². The lowest BCUT2D eigenvalue weighted by Crippen LogP contribution is -2.40. The molecule has 1 aromatic rings. The van der Waals surface area contributed by atoms with Crippen LogP contribution >= 0.6 is 0 Å². The molecule has 0 bridgehead atoms. The van der Waals surface area contributed by atoms with Crippen LogP contribution in [0.1, 0.15) is 26.3 Å². The molecule has 4 nitrogen and oxygen atoms in total. The lowest BCUT2D eigenvalue weighted by molar-refractivity contribution is -0.110. The number of rotatable bonds is 4. The van der Waals surface area contributed by atoms with E-state index in [-0.39, 0.29) is 5.82 Å². The number of carbonyl (C=O) groups excluding carboxylic acids is 2. The largest absolute Gasteiger partial charge is 0.444 e. The van der Waals surface area contributed by atoms with Crippen molar-refractivity contribution >= 4 is 18.5 Å². The fourth-order valence-corrected chi connectivity index (χ4v) is 1.50. The van der Waals surface area contributed by atoms with Crippen LogP contribution in [-0.4, -0.2) is 36.0 Å². The number of hydrogen-bond acceptors (Lipinski definition) is 3. The number of aldehydes is 1. The number of benzene rings is 1. The van der Waals surface area contributed by atoms with Gasteiger partial charge in [-0.2, -0.15) is 0 Å². The highest BCUT2D eigenvalue weighted by atomic mass is 19.1. The Morgan fingerprint density at radius 1 is 1.29 bits per heavy atom. The van der Waals surface area contributed by atoms with Crippen molar-refractivity contribution in [3.8, 4) is 0 Å². The van der Waals surface area contributed by atoms with E-state index in [0.717, 1.165) is 5.56 Å². The summed E-state index contributed by atoms with van der Waals surface area (Å²) in [5.74, 6) is -0.329. The van der Waals surface area contributed by atoms with Crippen molar-refractivity contribution in [2.45, 2.75) is 32.4 Å². The maximum absolute atomic E-state index is 12.8. The topological polar surface area (TPSA) is 46.6 Å². The maximum atomic E-state index is 12.8. The highest BCUT2D eigenvalue weighted by Crippen LogP contribution is 2.12. The van der Waals surface area contributed by atoms with E-state index in [2.05, 4.69) is 0 Å². The van der Waals surface area contributed by atoms with Gasteiger partial charge in [-0.05, 0) is 38.5 Å². The Morgan fingerprint density at radius 2 is 1.86 bits per heavy atom. The van der Waals surface area contributed by atoms with Gasteiger partial charge in [0.25, 0.3) is 0 Å². The summed E-state index contributed by atoms with van der Waals surface area (Å²) in [7, 11) is 1.49. The van der Waals surface area contributed by atoms with Gasteiger partial charge >= 0.3 is 6.09 Å². The fraction of sp³-hybridized carbons (Fsp3) is 0.375. The van der Waals surface area contributed by atoms with E-state index in [1.165, 1.54) is 24.1 Å². The lowest BCUT2D eigenvalue weighted by Gasteiger charge is -2.26. The van der Waals surface area contributed by atoms with Gasteiger partial charge in [-0.15, -0.1) is 0 Å². The molecule has 21 heavy (non-hydrogen) atoms. The van der Waals surface area contributed by atoms with Gasteiger partial charge in [0.2, 0.25) is 0 Å². The zero-order chi connectivity index (χ0) is 16.0. The number of carbonyl (C=O) groups is 2. The van der Waals surface area contributed by atoms with E-state index in [9.17, 15) is 14.0 Å². The minimum absolute atomic E-state index is 0.329. The molecule has 1 aromatic carbocycles. The number of hydrogen-bond donors (Lipinski definition) is 0. The number of nitrogens with zero attached hydrogens (tertiary/aromatic N) is 1. The Balaban J connectivity index is 2.76. The minimum Gasteiger partial charge on any atom is -0.444 e. The molecule has 1 unspecified atom stereocenters. The van der Waals surface area contributed by atoms with E-state index >= 15 is 0 Å². The second-order valence-electron chi connectivity index (χ2n) is 5.63. The molecular weight excluding hydrogens is 273 g/mol. The zero-order valence-electron chi connectivity index (χ0n) is 12.7. The van der Waals surface area contributed by atoms with E-state index in [1.54, 1.807) is 45.1 Å². The third kappa shape index (κ3) is 5.77. The number of halogens is 1. The molecule has 0 fully saturated rings. The quantitative estimate of drug-likeness (QED) is 0.800. The number of likely N-dealkylation sites (N-methyl/N-ethyl adjacent to an activating group) is 1. The molecule has 1 atom stereocenters. The Hall–Kier alpha value is -2.17. The average Bonchev–Trinajstić information content (AvgIpc) is 2.39. The SMILES string of the molecule is CN(C(=O)OC(C)(C)C)C(C=O)/C=C/c1ccc(F)cc1. The number of amides is 1. The van der Waals surface area contributed by atoms with Crippen LogP contribution in [0.15, 0.2) is 30.3 Å². The van der Waals surface area contributed by atoms with Crippen molar-refractivity contribution in [2.75, 3.05) is 7.05 Å². The van der Waals surface area contributed by atoms with E-state index in [0.29, 0.717) is 6.29 Å². The Morgan fingerprint density at radius 3 is 2.33 bits per heavy atom. The van der Waals surface area contributed by atoms with Crippen LogP contribution in [0.2, 0.25) is 0 Å². The van der Waals surface area contributed by atoms with Gasteiger partial charge in [0, 0.05) is 7.05 Å². The van der Waals surface area contributed by atoms with Crippen LogP contribution in [0.5, 0.6) is 0 Å². The second-order valence-corrected chi connectivity index (χ2v) is 5.63. The molecular formula is C16H20FNO3. The Labute approximate surface area is 124 Å². The zero-order valence-corrected chi connectivity index (χ0v) is 12.7. The fourth-order valence-electron chi connectivity index (χ4n) is 1.50. The molecule has 0 aliphatic heterocycles. The molecule has 1 amide bonds. The van der Waals surface area contributed by atoms with Crippen LogP contribution < -0.4 is 0 Å². The van der Waals surface area contributed by atoms with Crippen molar-refractivity contribution in [3.05, 3.63) is 41.7 Å². The smallest absolute Gasteiger partial charge is 0.410 e. The molecule has 0 N–H and O–H groups in total. The third-order valence-electron chi connectivity index (χ3n) is 2.62. The molecule has 114 valence electrons. The van der Waals surface area contributed by atoms with Gasteiger partial charge in [0.1, 0.15) is 23.7 Å². The summed E-state index contributed by atoms with van der Waals surface area (Å²) in [6.07, 6.45) is 3.27. The standard InChI is InChI=1S/C16H20FNO3/c1-16(2,3)21-15(20)18(4)14(11-19)10-7-12-5-8-13(17)9-6-12/h5-11,14H,1-4H3/b10-7+. The van der Waals surface area contributed by atoms with Crippen molar-refractivity contribution in [2.24, 2.45) is 0 Å². The minimum atomic E-state index is -0.745. The summed E-state index contributed by atoms with van der Waals surface area (Å²) in [6.45, 7) is 5.26. The molecule has 5 heteroatoms. The molecule has 0 saturated carbocycles. The predicted molar refractivity (Wildman–Crippen MR) is 79.3 cm³/mol. The average molecular weight is 293 g/mol. The predicted octanol–water partition coefficient (Wildman–Crippen LogP) is 3.27. The second kappa shape index (κ2) is 7.02. The summed E-state index contributed by atoms with van der Waals surface area (Å²) in [5, 5.41) is 0. The summed E-state index contributed by atoms with van der Waals surface area (Å²) in [6, 6.07) is 5.08. The first-order valence-electron chi connectivity index (χ1n) is 6.58. The maximum Gasteiger partial charge on any atom is 0.410 e. The van der Waals surface area contributed by atoms with Gasteiger partial charge in [0.05, 0.1) is 0 Å². The van der Waals surface area contributed by atoms with Gasteiger partial charge in [-0.25, -0.2) is 9.18 Å². The van der Waals surface area contributed by atoms with Crippen molar-refractivity contribution in [1.29, 1.82) is 0 Å². The first-order chi connectivity index (χ1) is 9.73. The molecule has 0 spiro atoms. The Bertz CT molecular complexity index is 517. The highest BCUT2D eigenvalue weighted by molar-refractivity contribution is 5.76. The summed E-state index contributed by atoms with van der Waals surface area (Å²) in [4.78, 5) is 24.2. The molecule has 0 saturated heterocycles. The van der Waals surface area contributed by atoms with Crippen molar-refractivity contribution in [1.82, 2.24) is 4.90 Å². The Kier molecular flexibility index (Phi) is 5.64. The lowest BCUT2D eigenvalue weighted by atomic mass is 10.1. The molecule has 0 radical (unpaired) electrons. The van der Waals surface area contributed by atoms with Crippen LogP contribution in [0, 0.1) is 5.82 Å². The van der Waals surface area contributed by atoms with Crippen LogP contribution in [0.4, 0.5) is 9.18 Å². The van der Waals surface area contributed by atoms with E-state index < -0.39 is 17.7 Å². The first kappa shape index (κ1) is 16.9. The molecule has 1 rings (SSSR count). The normalized spacial score (nSPS) is 13.0. The number of ether oxygens (including phenoxy) is 1. The highest BCUT2D eigenvalue weighted by Gasteiger charge is 2.23. The first-order valence-corrected chi connectivity index (χ1v) is 6.58. The molecule has 0 aromatic heterocycles. The third-order valence-corrected chi connectivity index (χ3v) is 2.62. The van der Waals surface area contributed by atoms with Gasteiger partial charge in [-0.1, -0.05) is 24.3 Å². The van der Waals surface area contributed by atoms with Crippen molar-refractivity contribution in [3.63, 3.8) is 0 Å². The van der Waals surface area contributed by atoms with Crippen molar-refractivity contribution < 1.29 is 18.7 Å². The summed E-state index contributed by atoms with van der Waals surface area (Å²) >= 11 is 0. The van der Waals surface area contributed by atoms with Gasteiger partial charge in [-0.3, -0.25) is 4.90 Å². The summed E-state index contributed by atoms with van der Waals surface area (Å²) in [5.41, 5.74) is 0.111. The molecule has 0 aliphatic rings. The monoisotopic (exact) mass is 293 g/mol. The van der Waals surface area contributed by atoms with E-state index in [1.807, 2.05) is 0 Å². The van der Waals surface area contributed by atoms with Gasteiger partial charge in [0.15, 0.2) is 0 Å². The van der Waals surface area contributed by atoms with Crippen LogP contribution in [0.3, 0.4) is 0 Å². The van der Waals surface area contributed by atoms with E-state index in [4.69, 9.17) is 4.74 Å². The van der Waals surface area contributed by atoms with Crippen LogP contribution in [0.25, 0.3) is 6.08 Å². The molecule has 0 aliphatic carbocycles. The summed E-state index contributed by atoms with van der Waals surface area (Å²) < 4.78 is 18.0. The van der Waals surface area contributed by atoms with Gasteiger partial charge < -0.3 is 9.53 Å².